The molecular formula is C10H19N3O2. The van der Waals surface area contributed by atoms with Gasteiger partial charge in [-0.2, -0.15) is 0 Å². The maximum atomic E-state index is 10.9. The molecule has 0 radical (unpaired) electrons. The van der Waals surface area contributed by atoms with Gasteiger partial charge < -0.3 is 15.4 Å². The molecule has 86 valence electrons. The summed E-state index contributed by atoms with van der Waals surface area (Å²) in [5.74, 6) is 0. The van der Waals surface area contributed by atoms with Crippen molar-refractivity contribution in [3.8, 4) is 0 Å². The van der Waals surface area contributed by atoms with Crippen molar-refractivity contribution in [1.82, 2.24) is 15.5 Å². The van der Waals surface area contributed by atoms with E-state index >= 15 is 0 Å². The lowest BCUT2D eigenvalue weighted by molar-refractivity contribution is 0.0956. The summed E-state index contributed by atoms with van der Waals surface area (Å²) in [6.45, 7) is 6.83. The van der Waals surface area contributed by atoms with E-state index in [2.05, 4.69) is 22.5 Å². The van der Waals surface area contributed by atoms with Crippen molar-refractivity contribution in [2.24, 2.45) is 0 Å². The second-order valence-electron chi connectivity index (χ2n) is 4.14. The molecule has 2 heterocycles. The predicted octanol–water partition coefficient (Wildman–Crippen LogP) is -0.221. The van der Waals surface area contributed by atoms with Crippen molar-refractivity contribution in [3.63, 3.8) is 0 Å². The van der Waals surface area contributed by atoms with Crippen molar-refractivity contribution in [3.05, 3.63) is 0 Å². The average Bonchev–Trinajstić information content (AvgIpc) is 2.85. The van der Waals surface area contributed by atoms with Gasteiger partial charge in [0.15, 0.2) is 0 Å². The number of nitrogens with zero attached hydrogens (tertiary/aromatic N) is 1. The van der Waals surface area contributed by atoms with E-state index in [1.165, 1.54) is 6.42 Å². The van der Waals surface area contributed by atoms with E-state index in [-0.39, 0.29) is 12.2 Å². The third kappa shape index (κ3) is 2.60. The van der Waals surface area contributed by atoms with Crippen molar-refractivity contribution in [2.75, 3.05) is 32.7 Å². The molecule has 1 amide bonds. The molecule has 2 rings (SSSR count). The number of hydrogen-bond donors (Lipinski definition) is 2. The molecule has 0 bridgehead atoms. The van der Waals surface area contributed by atoms with Crippen LogP contribution in [0.4, 0.5) is 4.79 Å². The summed E-state index contributed by atoms with van der Waals surface area (Å²) in [4.78, 5) is 13.3. The van der Waals surface area contributed by atoms with Crippen LogP contribution in [0.5, 0.6) is 0 Å². The Morgan fingerprint density at radius 1 is 1.53 bits per heavy atom. The molecule has 2 aliphatic heterocycles. The number of amides is 1. The van der Waals surface area contributed by atoms with E-state index in [1.807, 2.05) is 0 Å². The fraction of sp³-hybridized carbons (Fsp3) is 0.900. The number of carbonyl (C=O) groups excluding carboxylic acids is 1. The monoisotopic (exact) mass is 213 g/mol. The Labute approximate surface area is 90.1 Å². The molecule has 2 N–H and O–H groups in total. The first-order chi connectivity index (χ1) is 7.29. The summed E-state index contributed by atoms with van der Waals surface area (Å²) in [5.41, 5.74) is 0. The number of hydrogen-bond acceptors (Lipinski definition) is 4. The minimum Gasteiger partial charge on any atom is -0.443 e. The van der Waals surface area contributed by atoms with Crippen molar-refractivity contribution >= 4 is 6.09 Å². The van der Waals surface area contributed by atoms with Crippen LogP contribution < -0.4 is 10.6 Å². The maximum Gasteiger partial charge on any atom is 0.407 e. The van der Waals surface area contributed by atoms with E-state index in [1.54, 1.807) is 0 Å². The Balaban J connectivity index is 1.82. The van der Waals surface area contributed by atoms with Gasteiger partial charge in [-0.1, -0.05) is 6.92 Å². The highest BCUT2D eigenvalue weighted by atomic mass is 16.6. The van der Waals surface area contributed by atoms with Gasteiger partial charge in [0.25, 0.3) is 0 Å². The highest BCUT2D eigenvalue weighted by Crippen LogP contribution is 2.11. The standard InChI is InChI=1S/C10H19N3O2/c1-2-13(8-3-4-11-5-8)7-9-6-12-10(14)15-9/h8-9,11H,2-7H2,1H3,(H,12,14). The lowest BCUT2D eigenvalue weighted by Gasteiger charge is -2.28. The molecule has 5 nitrogen and oxygen atoms in total. The smallest absolute Gasteiger partial charge is 0.407 e. The van der Waals surface area contributed by atoms with E-state index < -0.39 is 0 Å². The number of ether oxygens (including phenoxy) is 1. The normalized spacial score (nSPS) is 30.7. The minimum absolute atomic E-state index is 0.0260. The Bertz CT molecular complexity index is 229. The van der Waals surface area contributed by atoms with Gasteiger partial charge in [0.05, 0.1) is 6.54 Å². The zero-order chi connectivity index (χ0) is 10.7. The molecule has 0 aromatic rings. The van der Waals surface area contributed by atoms with E-state index in [4.69, 9.17) is 4.74 Å². The van der Waals surface area contributed by atoms with Crippen molar-refractivity contribution in [1.29, 1.82) is 0 Å². The third-order valence-corrected chi connectivity index (χ3v) is 3.14. The molecule has 0 spiro atoms. The van der Waals surface area contributed by atoms with Gasteiger partial charge in [-0.3, -0.25) is 4.90 Å². The van der Waals surface area contributed by atoms with Crippen molar-refractivity contribution in [2.45, 2.75) is 25.5 Å². The zero-order valence-corrected chi connectivity index (χ0v) is 9.16. The van der Waals surface area contributed by atoms with Crippen LogP contribution in [0.3, 0.4) is 0 Å². The number of cyclic esters (lactones) is 1. The molecule has 2 fully saturated rings. The highest BCUT2D eigenvalue weighted by molar-refractivity contribution is 5.69. The Hall–Kier alpha value is -0.810. The molecular weight excluding hydrogens is 194 g/mol. The SMILES string of the molecule is CCN(CC1CNC(=O)O1)C1CCNC1. The van der Waals surface area contributed by atoms with Gasteiger partial charge in [-0.25, -0.2) is 4.79 Å². The summed E-state index contributed by atoms with van der Waals surface area (Å²) < 4.78 is 5.14. The fourth-order valence-corrected chi connectivity index (χ4v) is 2.28. The molecule has 0 aromatic carbocycles. The Morgan fingerprint density at radius 3 is 2.93 bits per heavy atom. The van der Waals surface area contributed by atoms with Crippen LogP contribution in [-0.2, 0) is 4.74 Å². The Kier molecular flexibility index (Phi) is 3.43. The number of likely N-dealkylation sites (N-methyl/N-ethyl adjacent to an activating group) is 1. The molecule has 2 aliphatic rings. The van der Waals surface area contributed by atoms with E-state index in [0.29, 0.717) is 12.6 Å². The van der Waals surface area contributed by atoms with E-state index in [0.717, 1.165) is 26.2 Å². The lowest BCUT2D eigenvalue weighted by atomic mass is 10.2. The summed E-state index contributed by atoms with van der Waals surface area (Å²) in [6.07, 6.45) is 0.945. The Morgan fingerprint density at radius 2 is 2.40 bits per heavy atom. The molecule has 2 saturated heterocycles. The molecule has 0 aliphatic carbocycles. The number of carbonyl (C=O) groups is 1. The molecule has 5 heteroatoms. The lowest BCUT2D eigenvalue weighted by Crippen LogP contribution is -2.42. The quantitative estimate of drug-likeness (QED) is 0.678. The van der Waals surface area contributed by atoms with Crippen molar-refractivity contribution < 1.29 is 9.53 Å². The van der Waals surface area contributed by atoms with E-state index in [9.17, 15) is 4.79 Å². The average molecular weight is 213 g/mol. The summed E-state index contributed by atoms with van der Waals surface area (Å²) in [5, 5.41) is 6.04. The first-order valence-electron chi connectivity index (χ1n) is 5.69. The van der Waals surface area contributed by atoms with Crippen LogP contribution in [-0.4, -0.2) is 55.9 Å². The fourth-order valence-electron chi connectivity index (χ4n) is 2.28. The largest absolute Gasteiger partial charge is 0.443 e. The van der Waals surface area contributed by atoms with Crippen LogP contribution in [0.2, 0.25) is 0 Å². The molecule has 0 aromatic heterocycles. The van der Waals surface area contributed by atoms with Gasteiger partial charge in [0, 0.05) is 19.1 Å². The summed E-state index contributed by atoms with van der Waals surface area (Å²) in [6, 6.07) is 0.606. The van der Waals surface area contributed by atoms with Crippen LogP contribution in [0.1, 0.15) is 13.3 Å². The molecule has 0 saturated carbocycles. The van der Waals surface area contributed by atoms with Crippen LogP contribution in [0, 0.1) is 0 Å². The van der Waals surface area contributed by atoms with Gasteiger partial charge >= 0.3 is 6.09 Å². The first kappa shape index (κ1) is 10.7. The number of alkyl carbamates (subject to hydrolysis) is 1. The van der Waals surface area contributed by atoms with Gasteiger partial charge in [-0.15, -0.1) is 0 Å². The van der Waals surface area contributed by atoms with Gasteiger partial charge in [0.2, 0.25) is 0 Å². The van der Waals surface area contributed by atoms with Gasteiger partial charge in [0.1, 0.15) is 6.10 Å². The third-order valence-electron chi connectivity index (χ3n) is 3.14. The molecule has 15 heavy (non-hydrogen) atoms. The topological polar surface area (TPSA) is 53.6 Å². The van der Waals surface area contributed by atoms with Crippen LogP contribution in [0.25, 0.3) is 0 Å². The zero-order valence-electron chi connectivity index (χ0n) is 9.16. The summed E-state index contributed by atoms with van der Waals surface area (Å²) >= 11 is 0. The predicted molar refractivity (Wildman–Crippen MR) is 56.8 cm³/mol. The van der Waals surface area contributed by atoms with Crippen LogP contribution >= 0.6 is 0 Å². The van der Waals surface area contributed by atoms with Gasteiger partial charge in [-0.05, 0) is 19.5 Å². The first-order valence-corrected chi connectivity index (χ1v) is 5.69. The highest BCUT2D eigenvalue weighted by Gasteiger charge is 2.28. The molecule has 2 atom stereocenters. The maximum absolute atomic E-state index is 10.9. The second-order valence-corrected chi connectivity index (χ2v) is 4.14. The number of rotatable bonds is 4. The second kappa shape index (κ2) is 4.81. The summed E-state index contributed by atoms with van der Waals surface area (Å²) in [7, 11) is 0. The molecule has 2 unspecified atom stereocenters. The van der Waals surface area contributed by atoms with Crippen LogP contribution in [0.15, 0.2) is 0 Å². The number of nitrogens with one attached hydrogen (secondary N) is 2. The minimum atomic E-state index is -0.277.